The maximum atomic E-state index is 8.79. The van der Waals surface area contributed by atoms with Crippen molar-refractivity contribution in [1.82, 2.24) is 0 Å². The van der Waals surface area contributed by atoms with Crippen molar-refractivity contribution in [2.24, 2.45) is 5.73 Å². The van der Waals surface area contributed by atoms with E-state index in [1.807, 2.05) is 19.1 Å². The number of benzene rings is 1. The second kappa shape index (κ2) is 5.95. The minimum atomic E-state index is -0.229. The van der Waals surface area contributed by atoms with Gasteiger partial charge in [-0.25, -0.2) is 0 Å². The van der Waals surface area contributed by atoms with Crippen molar-refractivity contribution >= 4 is 11.6 Å². The third-order valence-electron chi connectivity index (χ3n) is 2.02. The number of rotatable bonds is 5. The summed E-state index contributed by atoms with van der Waals surface area (Å²) in [7, 11) is 0. The zero-order chi connectivity index (χ0) is 11.3. The molecule has 0 bridgehead atoms. The molecule has 2 atom stereocenters. The van der Waals surface area contributed by atoms with Crippen LogP contribution in [0.25, 0.3) is 0 Å². The first-order chi connectivity index (χ1) is 7.11. The van der Waals surface area contributed by atoms with E-state index in [0.717, 1.165) is 5.75 Å². The van der Waals surface area contributed by atoms with Crippen molar-refractivity contribution in [2.75, 3.05) is 6.61 Å². The molecule has 4 heteroatoms. The van der Waals surface area contributed by atoms with Gasteiger partial charge in [0.05, 0.1) is 12.7 Å². The lowest BCUT2D eigenvalue weighted by atomic mass is 10.1. The van der Waals surface area contributed by atoms with Crippen molar-refractivity contribution in [3.63, 3.8) is 0 Å². The van der Waals surface area contributed by atoms with Gasteiger partial charge in [-0.3, -0.25) is 0 Å². The summed E-state index contributed by atoms with van der Waals surface area (Å²) >= 11 is 5.75. The summed E-state index contributed by atoms with van der Waals surface area (Å²) in [5.74, 6) is 0.761. The molecule has 0 aliphatic rings. The van der Waals surface area contributed by atoms with E-state index < -0.39 is 0 Å². The molecule has 0 amide bonds. The highest BCUT2D eigenvalue weighted by Gasteiger charge is 2.09. The van der Waals surface area contributed by atoms with E-state index in [-0.39, 0.29) is 18.8 Å². The minimum absolute atomic E-state index is 0.0195. The Morgan fingerprint density at radius 1 is 1.40 bits per heavy atom. The third kappa shape index (κ3) is 4.51. The first-order valence-electron chi connectivity index (χ1n) is 4.90. The van der Waals surface area contributed by atoms with Crippen LogP contribution in [0.15, 0.2) is 24.3 Å². The summed E-state index contributed by atoms with van der Waals surface area (Å²) in [4.78, 5) is 0. The van der Waals surface area contributed by atoms with Crippen LogP contribution >= 0.6 is 11.6 Å². The molecule has 2 unspecified atom stereocenters. The molecule has 0 heterocycles. The molecule has 0 aromatic heterocycles. The predicted octanol–water partition coefficient (Wildman–Crippen LogP) is 1.82. The number of ether oxygens (including phenoxy) is 1. The fourth-order valence-corrected chi connectivity index (χ4v) is 1.42. The third-order valence-corrected chi connectivity index (χ3v) is 2.27. The zero-order valence-corrected chi connectivity index (χ0v) is 9.45. The normalized spacial score (nSPS) is 14.7. The molecule has 0 saturated carbocycles. The average Bonchev–Trinajstić information content (AvgIpc) is 2.21. The van der Waals surface area contributed by atoms with Crippen LogP contribution < -0.4 is 10.5 Å². The summed E-state index contributed by atoms with van der Waals surface area (Å²) in [5.41, 5.74) is 5.60. The quantitative estimate of drug-likeness (QED) is 0.810. The smallest absolute Gasteiger partial charge is 0.119 e. The van der Waals surface area contributed by atoms with Crippen molar-refractivity contribution < 1.29 is 9.84 Å². The van der Waals surface area contributed by atoms with Gasteiger partial charge < -0.3 is 15.6 Å². The highest BCUT2D eigenvalue weighted by Crippen LogP contribution is 2.17. The van der Waals surface area contributed by atoms with Gasteiger partial charge in [0.1, 0.15) is 5.75 Å². The first kappa shape index (κ1) is 12.3. The standard InChI is InChI=1S/C11H16ClNO2/c1-8(6-10(13)7-14)15-11-4-2-9(12)3-5-11/h2-5,8,10,14H,6-7,13H2,1H3. The fraction of sp³-hybridized carbons (Fsp3) is 0.455. The molecule has 0 fully saturated rings. The van der Waals surface area contributed by atoms with Crippen LogP contribution in [0.1, 0.15) is 13.3 Å². The fourth-order valence-electron chi connectivity index (χ4n) is 1.29. The molecule has 0 aliphatic heterocycles. The highest BCUT2D eigenvalue weighted by atomic mass is 35.5. The van der Waals surface area contributed by atoms with E-state index >= 15 is 0 Å². The minimum Gasteiger partial charge on any atom is -0.491 e. The van der Waals surface area contributed by atoms with Gasteiger partial charge in [-0.1, -0.05) is 11.6 Å². The Labute approximate surface area is 94.8 Å². The molecule has 1 aromatic carbocycles. The molecule has 0 radical (unpaired) electrons. The first-order valence-corrected chi connectivity index (χ1v) is 5.28. The second-order valence-corrected chi connectivity index (χ2v) is 4.00. The van der Waals surface area contributed by atoms with Crippen molar-refractivity contribution in [2.45, 2.75) is 25.5 Å². The second-order valence-electron chi connectivity index (χ2n) is 3.56. The average molecular weight is 230 g/mol. The number of hydrogen-bond donors (Lipinski definition) is 2. The van der Waals surface area contributed by atoms with Gasteiger partial charge in [-0.2, -0.15) is 0 Å². The van der Waals surface area contributed by atoms with Crippen LogP contribution in [-0.2, 0) is 0 Å². The molecule has 84 valence electrons. The summed E-state index contributed by atoms with van der Waals surface area (Å²) in [5, 5.41) is 9.47. The van der Waals surface area contributed by atoms with Crippen LogP contribution in [0.2, 0.25) is 5.02 Å². The zero-order valence-electron chi connectivity index (χ0n) is 8.69. The Morgan fingerprint density at radius 3 is 2.53 bits per heavy atom. The van der Waals surface area contributed by atoms with Gasteiger partial charge in [0, 0.05) is 17.5 Å². The SMILES string of the molecule is CC(CC(N)CO)Oc1ccc(Cl)cc1. The monoisotopic (exact) mass is 229 g/mol. The van der Waals surface area contributed by atoms with Gasteiger partial charge in [-0.05, 0) is 31.2 Å². The van der Waals surface area contributed by atoms with Crippen molar-refractivity contribution in [3.05, 3.63) is 29.3 Å². The summed E-state index contributed by atoms with van der Waals surface area (Å²) in [6, 6.07) is 6.94. The maximum absolute atomic E-state index is 8.79. The van der Waals surface area contributed by atoms with E-state index in [1.54, 1.807) is 12.1 Å². The molecule has 3 N–H and O–H groups in total. The van der Waals surface area contributed by atoms with Crippen LogP contribution in [-0.4, -0.2) is 23.9 Å². The van der Waals surface area contributed by atoms with Crippen LogP contribution in [0.3, 0.4) is 0 Å². The van der Waals surface area contributed by atoms with E-state index in [1.165, 1.54) is 0 Å². The molecular formula is C11H16ClNO2. The molecule has 1 aromatic rings. The summed E-state index contributed by atoms with van der Waals surface area (Å²) in [6.45, 7) is 1.90. The Bertz CT molecular complexity index is 289. The predicted molar refractivity (Wildman–Crippen MR) is 61.2 cm³/mol. The lowest BCUT2D eigenvalue weighted by Crippen LogP contribution is -2.30. The van der Waals surface area contributed by atoms with E-state index in [4.69, 9.17) is 27.2 Å². The Balaban J connectivity index is 2.44. The summed E-state index contributed by atoms with van der Waals surface area (Å²) < 4.78 is 5.59. The Morgan fingerprint density at radius 2 is 2.00 bits per heavy atom. The van der Waals surface area contributed by atoms with Crippen LogP contribution in [0.5, 0.6) is 5.75 Å². The highest BCUT2D eigenvalue weighted by molar-refractivity contribution is 6.30. The van der Waals surface area contributed by atoms with Gasteiger partial charge in [0.25, 0.3) is 0 Å². The number of nitrogens with two attached hydrogens (primary N) is 1. The molecule has 1 rings (SSSR count). The lowest BCUT2D eigenvalue weighted by molar-refractivity contribution is 0.174. The lowest BCUT2D eigenvalue weighted by Gasteiger charge is -2.17. The van der Waals surface area contributed by atoms with Crippen molar-refractivity contribution in [3.8, 4) is 5.75 Å². The number of halogens is 1. The van der Waals surface area contributed by atoms with E-state index in [0.29, 0.717) is 11.4 Å². The molecule has 0 spiro atoms. The largest absolute Gasteiger partial charge is 0.491 e. The molecule has 0 saturated heterocycles. The molecule has 3 nitrogen and oxygen atoms in total. The molecule has 15 heavy (non-hydrogen) atoms. The molecule has 0 aliphatic carbocycles. The summed E-state index contributed by atoms with van der Waals surface area (Å²) in [6.07, 6.45) is 0.604. The van der Waals surface area contributed by atoms with Gasteiger partial charge in [0.2, 0.25) is 0 Å². The number of aliphatic hydroxyl groups is 1. The Kier molecular flexibility index (Phi) is 4.88. The maximum Gasteiger partial charge on any atom is 0.119 e. The van der Waals surface area contributed by atoms with Crippen molar-refractivity contribution in [1.29, 1.82) is 0 Å². The van der Waals surface area contributed by atoms with Gasteiger partial charge >= 0.3 is 0 Å². The van der Waals surface area contributed by atoms with Gasteiger partial charge in [0.15, 0.2) is 0 Å². The number of hydrogen-bond acceptors (Lipinski definition) is 3. The Hall–Kier alpha value is -0.770. The van der Waals surface area contributed by atoms with Crippen LogP contribution in [0, 0.1) is 0 Å². The van der Waals surface area contributed by atoms with Crippen LogP contribution in [0.4, 0.5) is 0 Å². The molecular weight excluding hydrogens is 214 g/mol. The number of aliphatic hydroxyl groups excluding tert-OH is 1. The van der Waals surface area contributed by atoms with E-state index in [9.17, 15) is 0 Å². The topological polar surface area (TPSA) is 55.5 Å². The van der Waals surface area contributed by atoms with Gasteiger partial charge in [-0.15, -0.1) is 0 Å². The van der Waals surface area contributed by atoms with E-state index in [2.05, 4.69) is 0 Å².